The third-order valence-electron chi connectivity index (χ3n) is 11.7. The van der Waals surface area contributed by atoms with Gasteiger partial charge in [-0.05, 0) is 106 Å². The summed E-state index contributed by atoms with van der Waals surface area (Å²) in [6.07, 6.45) is 0. The molecule has 0 spiro atoms. The third-order valence-corrected chi connectivity index (χ3v) is 11.7. The van der Waals surface area contributed by atoms with Crippen LogP contribution in [-0.2, 0) is 0 Å². The number of para-hydroxylation sites is 3. The van der Waals surface area contributed by atoms with Gasteiger partial charge in [-0.25, -0.2) is 0 Å². The van der Waals surface area contributed by atoms with E-state index in [2.05, 4.69) is 228 Å². The smallest absolute Gasteiger partial charge is 0.0561 e. The molecule has 11 rings (SSSR count). The Hall–Kier alpha value is -7.42. The van der Waals surface area contributed by atoms with Gasteiger partial charge >= 0.3 is 0 Å². The lowest BCUT2D eigenvalue weighted by Crippen LogP contribution is -1.97. The molecule has 0 radical (unpaired) electrons. The lowest BCUT2D eigenvalue weighted by molar-refractivity contribution is 1.15. The minimum Gasteiger partial charge on any atom is -0.309 e. The molecule has 0 fully saturated rings. The fraction of sp³-hybridized carbons (Fsp3) is 0.0182. The first kappa shape index (κ1) is 33.0. The summed E-state index contributed by atoms with van der Waals surface area (Å²) in [5.74, 6) is 0. The molecule has 0 amide bonds. The molecule has 0 aliphatic rings. The summed E-state index contributed by atoms with van der Waals surface area (Å²) in [5.41, 5.74) is 18.2. The molecule has 2 nitrogen and oxygen atoms in total. The number of fused-ring (bicyclic) bond motifs is 6. The molecule has 0 atom stereocenters. The van der Waals surface area contributed by atoms with Gasteiger partial charge in [-0.15, -0.1) is 0 Å². The van der Waals surface area contributed by atoms with Gasteiger partial charge in [0, 0.05) is 32.9 Å². The summed E-state index contributed by atoms with van der Waals surface area (Å²) < 4.78 is 4.84. The van der Waals surface area contributed by atoms with Gasteiger partial charge in [-0.2, -0.15) is 0 Å². The second-order valence-electron chi connectivity index (χ2n) is 15.0. The van der Waals surface area contributed by atoms with Gasteiger partial charge in [-0.3, -0.25) is 0 Å². The van der Waals surface area contributed by atoms with Crippen LogP contribution in [0.25, 0.3) is 99.5 Å². The number of nitrogens with zero attached hydrogens (tertiary/aromatic N) is 2. The second-order valence-corrected chi connectivity index (χ2v) is 15.0. The van der Waals surface area contributed by atoms with Crippen molar-refractivity contribution in [1.82, 2.24) is 9.13 Å². The molecule has 57 heavy (non-hydrogen) atoms. The zero-order valence-corrected chi connectivity index (χ0v) is 31.6. The van der Waals surface area contributed by atoms with Crippen LogP contribution in [0.4, 0.5) is 0 Å². The molecule has 0 aliphatic heterocycles. The van der Waals surface area contributed by atoms with Crippen LogP contribution in [0.5, 0.6) is 0 Å². The van der Waals surface area contributed by atoms with Crippen molar-refractivity contribution < 1.29 is 0 Å². The van der Waals surface area contributed by atoms with E-state index < -0.39 is 0 Å². The van der Waals surface area contributed by atoms with Crippen molar-refractivity contribution in [2.45, 2.75) is 6.92 Å². The number of rotatable bonds is 6. The Labute approximate surface area is 332 Å². The maximum Gasteiger partial charge on any atom is 0.0561 e. The highest BCUT2D eigenvalue weighted by molar-refractivity contribution is 6.12. The third kappa shape index (κ3) is 5.49. The van der Waals surface area contributed by atoms with E-state index in [0.29, 0.717) is 0 Å². The summed E-state index contributed by atoms with van der Waals surface area (Å²) in [6.45, 7) is 2.23. The van der Waals surface area contributed by atoms with E-state index in [1.807, 2.05) is 0 Å². The molecule has 0 saturated heterocycles. The standard InChI is InChI=1S/C55H38N2/c1-37-46(40-14-3-2-4-15-40)23-13-24-47(37)43-18-11-16-41(34-43)38-28-30-39(31-29-38)42-17-12-19-44(35-42)57-54-27-10-7-22-50(54)51-33-32-45(36-55(51)57)56-52-25-8-5-20-48(52)49-21-6-9-26-53(49)56/h2-36H,1H3. The van der Waals surface area contributed by atoms with Crippen molar-refractivity contribution in [1.29, 1.82) is 0 Å². The number of hydrogen-bond donors (Lipinski definition) is 0. The molecular formula is C55H38N2. The molecule has 268 valence electrons. The number of benzene rings is 9. The Morgan fingerprint density at radius 1 is 0.263 bits per heavy atom. The van der Waals surface area contributed by atoms with Gasteiger partial charge in [0.15, 0.2) is 0 Å². The van der Waals surface area contributed by atoms with Crippen LogP contribution >= 0.6 is 0 Å². The molecule has 0 aliphatic carbocycles. The normalized spacial score (nSPS) is 11.6. The monoisotopic (exact) mass is 726 g/mol. The van der Waals surface area contributed by atoms with Crippen molar-refractivity contribution in [3.63, 3.8) is 0 Å². The first-order valence-corrected chi connectivity index (χ1v) is 19.7. The van der Waals surface area contributed by atoms with Crippen molar-refractivity contribution in [3.05, 3.63) is 218 Å². The Kier molecular flexibility index (Phi) is 7.75. The average Bonchev–Trinajstić information content (AvgIpc) is 3.79. The molecule has 0 unspecified atom stereocenters. The SMILES string of the molecule is Cc1c(-c2ccccc2)cccc1-c1cccc(-c2ccc(-c3cccc(-n4c5ccccc5c5ccc(-n6c7ccccc7c7ccccc76)cc54)c3)cc2)c1. The molecule has 2 heteroatoms. The van der Waals surface area contributed by atoms with E-state index >= 15 is 0 Å². The predicted molar refractivity (Wildman–Crippen MR) is 242 cm³/mol. The van der Waals surface area contributed by atoms with Crippen molar-refractivity contribution >= 4 is 43.6 Å². The summed E-state index contributed by atoms with van der Waals surface area (Å²) in [6, 6.07) is 77.4. The average molecular weight is 727 g/mol. The highest BCUT2D eigenvalue weighted by Crippen LogP contribution is 2.38. The van der Waals surface area contributed by atoms with Crippen LogP contribution < -0.4 is 0 Å². The molecule has 11 aromatic rings. The van der Waals surface area contributed by atoms with Crippen LogP contribution in [0.1, 0.15) is 5.56 Å². The molecule has 9 aromatic carbocycles. The zero-order valence-electron chi connectivity index (χ0n) is 31.6. The van der Waals surface area contributed by atoms with Crippen LogP contribution in [0.2, 0.25) is 0 Å². The highest BCUT2D eigenvalue weighted by atomic mass is 15.0. The molecule has 2 aromatic heterocycles. The second kappa shape index (κ2) is 13.4. The van der Waals surface area contributed by atoms with Gasteiger partial charge in [0.25, 0.3) is 0 Å². The first-order chi connectivity index (χ1) is 28.2. The van der Waals surface area contributed by atoms with Crippen LogP contribution in [0.3, 0.4) is 0 Å². The van der Waals surface area contributed by atoms with Crippen molar-refractivity contribution in [2.75, 3.05) is 0 Å². The van der Waals surface area contributed by atoms with Crippen molar-refractivity contribution in [3.8, 4) is 55.9 Å². The number of aromatic nitrogens is 2. The first-order valence-electron chi connectivity index (χ1n) is 19.7. The Morgan fingerprint density at radius 3 is 1.33 bits per heavy atom. The Balaban J connectivity index is 0.971. The maximum atomic E-state index is 2.43. The van der Waals surface area contributed by atoms with Crippen molar-refractivity contribution in [2.24, 2.45) is 0 Å². The molecule has 0 saturated carbocycles. The molecule has 2 heterocycles. The number of hydrogen-bond acceptors (Lipinski definition) is 0. The molecular weight excluding hydrogens is 689 g/mol. The van der Waals surface area contributed by atoms with E-state index in [0.717, 1.165) is 11.4 Å². The Bertz CT molecular complexity index is 3240. The summed E-state index contributed by atoms with van der Waals surface area (Å²) in [7, 11) is 0. The maximum absolute atomic E-state index is 2.43. The summed E-state index contributed by atoms with van der Waals surface area (Å²) >= 11 is 0. The van der Waals surface area contributed by atoms with Crippen LogP contribution in [-0.4, -0.2) is 9.13 Å². The minimum atomic E-state index is 1.14. The summed E-state index contributed by atoms with van der Waals surface area (Å²) in [4.78, 5) is 0. The van der Waals surface area contributed by atoms with E-state index in [4.69, 9.17) is 0 Å². The predicted octanol–water partition coefficient (Wildman–Crippen LogP) is 14.9. The molecule has 0 N–H and O–H groups in total. The van der Waals surface area contributed by atoms with E-state index in [1.54, 1.807) is 0 Å². The lowest BCUT2D eigenvalue weighted by atomic mass is 9.91. The fourth-order valence-corrected chi connectivity index (χ4v) is 9.00. The zero-order chi connectivity index (χ0) is 37.9. The van der Waals surface area contributed by atoms with Crippen LogP contribution in [0.15, 0.2) is 212 Å². The molecule has 0 bridgehead atoms. The topological polar surface area (TPSA) is 9.86 Å². The van der Waals surface area contributed by atoms with Gasteiger partial charge in [0.2, 0.25) is 0 Å². The quantitative estimate of drug-likeness (QED) is 0.161. The highest BCUT2D eigenvalue weighted by Gasteiger charge is 2.17. The lowest BCUT2D eigenvalue weighted by Gasteiger charge is -2.14. The van der Waals surface area contributed by atoms with Gasteiger partial charge < -0.3 is 9.13 Å². The van der Waals surface area contributed by atoms with Gasteiger partial charge in [0.1, 0.15) is 0 Å². The van der Waals surface area contributed by atoms with Gasteiger partial charge in [0.05, 0.1) is 22.1 Å². The van der Waals surface area contributed by atoms with E-state index in [1.165, 1.54) is 93.7 Å². The summed E-state index contributed by atoms with van der Waals surface area (Å²) in [5, 5.41) is 5.03. The minimum absolute atomic E-state index is 1.14. The van der Waals surface area contributed by atoms with E-state index in [-0.39, 0.29) is 0 Å². The Morgan fingerprint density at radius 2 is 0.702 bits per heavy atom. The van der Waals surface area contributed by atoms with Gasteiger partial charge in [-0.1, -0.05) is 164 Å². The van der Waals surface area contributed by atoms with Crippen LogP contribution in [0, 0.1) is 6.92 Å². The fourth-order valence-electron chi connectivity index (χ4n) is 9.00. The largest absolute Gasteiger partial charge is 0.309 e. The van der Waals surface area contributed by atoms with E-state index in [9.17, 15) is 0 Å².